The Morgan fingerprint density at radius 3 is 1.87 bits per heavy atom. The van der Waals surface area contributed by atoms with Gasteiger partial charge in [-0.1, -0.05) is 44.0 Å². The lowest BCUT2D eigenvalue weighted by Gasteiger charge is -2.25. The summed E-state index contributed by atoms with van der Waals surface area (Å²) in [6.07, 6.45) is 0. The van der Waals surface area contributed by atoms with E-state index in [4.69, 9.17) is 23.2 Å². The molecule has 0 bridgehead atoms. The van der Waals surface area contributed by atoms with Crippen LogP contribution in [0, 0.1) is 0 Å². The minimum atomic E-state index is -1.61. The molecule has 0 aliphatic heterocycles. The third-order valence-electron chi connectivity index (χ3n) is 2.15. The first-order valence-electron chi connectivity index (χ1n) is 4.59. The molecule has 0 aliphatic rings. The van der Waals surface area contributed by atoms with Crippen molar-refractivity contribution in [2.75, 3.05) is 0 Å². The number of hydrogen-bond acceptors (Lipinski definition) is 2. The van der Waals surface area contributed by atoms with E-state index < -0.39 is 7.12 Å². The highest BCUT2D eigenvalue weighted by Crippen LogP contribution is 2.30. The van der Waals surface area contributed by atoms with E-state index in [0.717, 1.165) is 0 Å². The molecule has 0 spiro atoms. The van der Waals surface area contributed by atoms with Gasteiger partial charge < -0.3 is 10.0 Å². The largest absolute Gasteiger partial charge is 0.490 e. The van der Waals surface area contributed by atoms with Gasteiger partial charge in [0.2, 0.25) is 0 Å². The smallest absolute Gasteiger partial charge is 0.423 e. The molecule has 0 radical (unpaired) electrons. The van der Waals surface area contributed by atoms with Gasteiger partial charge in [-0.2, -0.15) is 0 Å². The lowest BCUT2D eigenvalue weighted by Crippen LogP contribution is -2.38. The summed E-state index contributed by atoms with van der Waals surface area (Å²) in [5.41, 5.74) is 0.671. The summed E-state index contributed by atoms with van der Waals surface area (Å²) in [5, 5.41) is 19.4. The fourth-order valence-electron chi connectivity index (χ4n) is 1.58. The molecule has 5 heteroatoms. The molecule has 0 heterocycles. The van der Waals surface area contributed by atoms with E-state index in [0.29, 0.717) is 15.6 Å². The normalized spacial score (nSPS) is 11.7. The minimum absolute atomic E-state index is 0.289. The first-order valence-corrected chi connectivity index (χ1v) is 5.35. The van der Waals surface area contributed by atoms with Gasteiger partial charge in [0.15, 0.2) is 0 Å². The highest BCUT2D eigenvalue weighted by atomic mass is 35.5. The predicted octanol–water partition coefficient (Wildman–Crippen LogP) is 1.97. The first-order chi connectivity index (χ1) is 6.75. The lowest BCUT2D eigenvalue weighted by molar-refractivity contribution is 0.424. The van der Waals surface area contributed by atoms with E-state index in [2.05, 4.69) is 0 Å². The molecule has 0 aromatic heterocycles. The molecule has 1 aromatic rings. The van der Waals surface area contributed by atoms with E-state index in [-0.39, 0.29) is 10.9 Å². The van der Waals surface area contributed by atoms with Crippen LogP contribution < -0.4 is 5.46 Å². The minimum Gasteiger partial charge on any atom is -0.423 e. The molecular weight excluding hydrogens is 234 g/mol. The zero-order chi connectivity index (χ0) is 11.8. The molecular formula is C10H13BCl2O2. The Morgan fingerprint density at radius 1 is 1.07 bits per heavy atom. The molecule has 82 valence electrons. The number of benzene rings is 1. The maximum atomic E-state index is 9.29. The van der Waals surface area contributed by atoms with Gasteiger partial charge in [0.25, 0.3) is 0 Å². The average molecular weight is 247 g/mol. The second kappa shape index (κ2) is 4.34. The fraction of sp³-hybridized carbons (Fsp3) is 0.400. The number of hydrogen-bond donors (Lipinski definition) is 2. The molecule has 0 saturated carbocycles. The second-order valence-electron chi connectivity index (χ2n) is 4.44. The number of rotatable bonds is 1. The van der Waals surface area contributed by atoms with Gasteiger partial charge in [0.1, 0.15) is 0 Å². The quantitative estimate of drug-likeness (QED) is 0.744. The van der Waals surface area contributed by atoms with Gasteiger partial charge in [0.05, 0.1) is 0 Å². The van der Waals surface area contributed by atoms with Gasteiger partial charge in [-0.15, -0.1) is 0 Å². The molecule has 0 atom stereocenters. The van der Waals surface area contributed by atoms with Crippen molar-refractivity contribution in [3.63, 3.8) is 0 Å². The third-order valence-corrected chi connectivity index (χ3v) is 2.79. The van der Waals surface area contributed by atoms with Gasteiger partial charge in [0, 0.05) is 15.5 Å². The van der Waals surface area contributed by atoms with Crippen LogP contribution in [-0.2, 0) is 5.41 Å². The third kappa shape index (κ3) is 2.67. The standard InChI is InChI=1S/C10H13BCl2O2/c1-10(2,3)8-6(12)4-5-7(13)9(8)11(14)15/h4-5,14-15H,1-3H3. The Labute approximate surface area is 100.0 Å². The topological polar surface area (TPSA) is 40.5 Å². The molecule has 0 amide bonds. The van der Waals surface area contributed by atoms with Crippen LogP contribution >= 0.6 is 23.2 Å². The van der Waals surface area contributed by atoms with E-state index in [1.165, 1.54) is 0 Å². The second-order valence-corrected chi connectivity index (χ2v) is 5.26. The van der Waals surface area contributed by atoms with E-state index >= 15 is 0 Å². The highest BCUT2D eigenvalue weighted by molar-refractivity contribution is 6.64. The Hall–Kier alpha value is -0.215. The van der Waals surface area contributed by atoms with Crippen LogP contribution in [0.15, 0.2) is 12.1 Å². The molecule has 0 fully saturated rings. The van der Waals surface area contributed by atoms with Crippen molar-refractivity contribution in [3.8, 4) is 0 Å². The van der Waals surface area contributed by atoms with E-state index in [1.807, 2.05) is 20.8 Å². The van der Waals surface area contributed by atoms with Crippen LogP contribution in [0.2, 0.25) is 10.0 Å². The maximum absolute atomic E-state index is 9.29. The van der Waals surface area contributed by atoms with Crippen molar-refractivity contribution >= 4 is 35.8 Å². The zero-order valence-electron chi connectivity index (χ0n) is 8.88. The van der Waals surface area contributed by atoms with Crippen LogP contribution in [0.5, 0.6) is 0 Å². The zero-order valence-corrected chi connectivity index (χ0v) is 10.4. The summed E-state index contributed by atoms with van der Waals surface area (Å²) in [6, 6.07) is 3.23. The van der Waals surface area contributed by atoms with Crippen LogP contribution in [-0.4, -0.2) is 17.2 Å². The van der Waals surface area contributed by atoms with Gasteiger partial charge >= 0.3 is 7.12 Å². The first kappa shape index (κ1) is 12.9. The van der Waals surface area contributed by atoms with Crippen molar-refractivity contribution in [1.29, 1.82) is 0 Å². The van der Waals surface area contributed by atoms with Crippen molar-refractivity contribution < 1.29 is 10.0 Å². The molecule has 0 saturated heterocycles. The summed E-state index contributed by atoms with van der Waals surface area (Å²) in [4.78, 5) is 0. The number of halogens is 2. The Kier molecular flexibility index (Phi) is 3.72. The molecule has 0 unspecified atom stereocenters. The van der Waals surface area contributed by atoms with Crippen LogP contribution in [0.4, 0.5) is 0 Å². The van der Waals surface area contributed by atoms with E-state index in [9.17, 15) is 10.0 Å². The Balaban J connectivity index is 3.53. The van der Waals surface area contributed by atoms with Gasteiger partial charge in [-0.05, 0) is 23.1 Å². The monoisotopic (exact) mass is 246 g/mol. The van der Waals surface area contributed by atoms with Crippen LogP contribution in [0.3, 0.4) is 0 Å². The average Bonchev–Trinajstić information content (AvgIpc) is 2.05. The van der Waals surface area contributed by atoms with Crippen LogP contribution in [0.25, 0.3) is 0 Å². The van der Waals surface area contributed by atoms with Gasteiger partial charge in [-0.25, -0.2) is 0 Å². The van der Waals surface area contributed by atoms with E-state index in [1.54, 1.807) is 12.1 Å². The fourth-order valence-corrected chi connectivity index (χ4v) is 2.29. The van der Waals surface area contributed by atoms with Crippen LogP contribution in [0.1, 0.15) is 26.3 Å². The summed E-state index contributed by atoms with van der Waals surface area (Å²) < 4.78 is 0. The maximum Gasteiger partial charge on any atom is 0.490 e. The predicted molar refractivity (Wildman–Crippen MR) is 65.0 cm³/mol. The van der Waals surface area contributed by atoms with Gasteiger partial charge in [-0.3, -0.25) is 0 Å². The molecule has 2 nitrogen and oxygen atoms in total. The van der Waals surface area contributed by atoms with Crippen molar-refractivity contribution in [2.24, 2.45) is 0 Å². The molecule has 1 aromatic carbocycles. The van der Waals surface area contributed by atoms with Crippen molar-refractivity contribution in [1.82, 2.24) is 0 Å². The SMILES string of the molecule is CC(C)(C)c1c(Cl)ccc(Cl)c1B(O)O. The molecule has 2 N–H and O–H groups in total. The summed E-state index contributed by atoms with van der Waals surface area (Å²) in [5.74, 6) is 0. The Morgan fingerprint density at radius 2 is 1.53 bits per heavy atom. The summed E-state index contributed by atoms with van der Waals surface area (Å²) in [7, 11) is -1.61. The summed E-state index contributed by atoms with van der Waals surface area (Å²) >= 11 is 12.0. The van der Waals surface area contributed by atoms with Crippen molar-refractivity contribution in [2.45, 2.75) is 26.2 Å². The summed E-state index contributed by atoms with van der Waals surface area (Å²) in [6.45, 7) is 5.82. The lowest BCUT2D eigenvalue weighted by atomic mass is 9.70. The Bertz CT molecular complexity index is 372. The highest BCUT2D eigenvalue weighted by Gasteiger charge is 2.28. The molecule has 15 heavy (non-hydrogen) atoms. The molecule has 1 rings (SSSR count). The molecule has 0 aliphatic carbocycles. The van der Waals surface area contributed by atoms with Crippen molar-refractivity contribution in [3.05, 3.63) is 27.7 Å².